The number of carboxylic acids is 1. The Morgan fingerprint density at radius 1 is 1.26 bits per heavy atom. The number of aliphatic carboxylic acids is 1. The van der Waals surface area contributed by atoms with Gasteiger partial charge in [0.2, 0.25) is 0 Å². The number of hydrogen-bond acceptors (Lipinski definition) is 3. The average molecular weight is 350 g/mol. The molecule has 1 heterocycles. The highest BCUT2D eigenvalue weighted by Crippen LogP contribution is 2.28. The van der Waals surface area contributed by atoms with Crippen molar-refractivity contribution in [3.05, 3.63) is 63.5 Å². The van der Waals surface area contributed by atoms with Gasteiger partial charge in [-0.1, -0.05) is 35.3 Å². The largest absolute Gasteiger partial charge is 0.481 e. The van der Waals surface area contributed by atoms with Gasteiger partial charge in [-0.2, -0.15) is 0 Å². The Hall–Kier alpha value is -2.04. The minimum atomic E-state index is -0.879. The first kappa shape index (κ1) is 15.8. The standard InChI is InChI=1S/C17H13Cl2NO3/c1-9(17(21)22)10-5-6-15-14(7-10)20-16(23-15)8-11-12(18)3-2-4-13(11)19/h2-7,9H,8H2,1H3,(H,21,22). The van der Waals surface area contributed by atoms with Gasteiger partial charge in [-0.25, -0.2) is 4.98 Å². The van der Waals surface area contributed by atoms with E-state index in [4.69, 9.17) is 32.7 Å². The van der Waals surface area contributed by atoms with Gasteiger partial charge in [-0.15, -0.1) is 0 Å². The fourth-order valence-corrected chi connectivity index (χ4v) is 2.86. The number of hydrogen-bond donors (Lipinski definition) is 1. The summed E-state index contributed by atoms with van der Waals surface area (Å²) in [5.74, 6) is -0.997. The molecule has 0 bridgehead atoms. The zero-order valence-corrected chi connectivity index (χ0v) is 13.7. The fraction of sp³-hybridized carbons (Fsp3) is 0.176. The minimum absolute atomic E-state index is 0.372. The average Bonchev–Trinajstić information content (AvgIpc) is 2.91. The summed E-state index contributed by atoms with van der Waals surface area (Å²) in [6, 6.07) is 10.5. The molecule has 1 atom stereocenters. The lowest BCUT2D eigenvalue weighted by Gasteiger charge is -2.04. The molecule has 23 heavy (non-hydrogen) atoms. The molecule has 0 radical (unpaired) electrons. The summed E-state index contributed by atoms with van der Waals surface area (Å²) in [6.45, 7) is 1.63. The van der Waals surface area contributed by atoms with Crippen molar-refractivity contribution in [3.8, 4) is 0 Å². The maximum absolute atomic E-state index is 11.1. The maximum atomic E-state index is 11.1. The van der Waals surface area contributed by atoms with Crippen molar-refractivity contribution in [2.75, 3.05) is 0 Å². The zero-order valence-electron chi connectivity index (χ0n) is 12.2. The molecule has 0 aliphatic rings. The van der Waals surface area contributed by atoms with Gasteiger partial charge < -0.3 is 9.52 Å². The Bertz CT molecular complexity index is 868. The zero-order chi connectivity index (χ0) is 16.6. The molecular weight excluding hydrogens is 337 g/mol. The van der Waals surface area contributed by atoms with Crippen molar-refractivity contribution in [2.24, 2.45) is 0 Å². The minimum Gasteiger partial charge on any atom is -0.481 e. The Labute approximate surface area is 142 Å². The SMILES string of the molecule is CC(C(=O)O)c1ccc2oc(Cc3c(Cl)cccc3Cl)nc2c1. The molecule has 6 heteroatoms. The molecule has 1 N–H and O–H groups in total. The topological polar surface area (TPSA) is 63.3 Å². The smallest absolute Gasteiger partial charge is 0.310 e. The van der Waals surface area contributed by atoms with E-state index in [1.165, 1.54) is 0 Å². The molecule has 0 saturated heterocycles. The third-order valence-corrected chi connectivity index (χ3v) is 4.42. The lowest BCUT2D eigenvalue weighted by molar-refractivity contribution is -0.138. The number of carbonyl (C=O) groups is 1. The Morgan fingerprint density at radius 2 is 1.96 bits per heavy atom. The predicted molar refractivity (Wildman–Crippen MR) is 89.3 cm³/mol. The summed E-state index contributed by atoms with van der Waals surface area (Å²) in [7, 11) is 0. The highest BCUT2D eigenvalue weighted by molar-refractivity contribution is 6.36. The van der Waals surface area contributed by atoms with Crippen molar-refractivity contribution >= 4 is 40.3 Å². The van der Waals surface area contributed by atoms with E-state index in [-0.39, 0.29) is 0 Å². The van der Waals surface area contributed by atoms with Crippen molar-refractivity contribution in [1.82, 2.24) is 4.98 Å². The Kier molecular flexibility index (Phi) is 4.28. The van der Waals surface area contributed by atoms with Gasteiger partial charge in [0, 0.05) is 10.0 Å². The van der Waals surface area contributed by atoms with Gasteiger partial charge in [0.15, 0.2) is 11.5 Å². The summed E-state index contributed by atoms with van der Waals surface area (Å²) in [5, 5.41) is 10.2. The van der Waals surface area contributed by atoms with Crippen LogP contribution in [0.2, 0.25) is 10.0 Å². The van der Waals surface area contributed by atoms with Crippen molar-refractivity contribution in [2.45, 2.75) is 19.3 Å². The van der Waals surface area contributed by atoms with E-state index in [2.05, 4.69) is 4.98 Å². The van der Waals surface area contributed by atoms with Crippen LogP contribution in [0.1, 0.15) is 29.9 Å². The molecule has 1 unspecified atom stereocenters. The summed E-state index contributed by atoms with van der Waals surface area (Å²) in [6.07, 6.45) is 0.372. The number of halogens is 2. The van der Waals surface area contributed by atoms with E-state index < -0.39 is 11.9 Å². The van der Waals surface area contributed by atoms with Crippen LogP contribution in [0.15, 0.2) is 40.8 Å². The van der Waals surface area contributed by atoms with Gasteiger partial charge in [0.25, 0.3) is 0 Å². The predicted octanol–water partition coefficient (Wildman–Crippen LogP) is 4.91. The summed E-state index contributed by atoms with van der Waals surface area (Å²) in [4.78, 5) is 15.5. The molecule has 4 nitrogen and oxygen atoms in total. The van der Waals surface area contributed by atoms with Crippen LogP contribution in [0.5, 0.6) is 0 Å². The third kappa shape index (κ3) is 3.19. The molecule has 0 amide bonds. The molecule has 0 fully saturated rings. The first-order valence-electron chi connectivity index (χ1n) is 7.01. The van der Waals surface area contributed by atoms with E-state index in [1.807, 2.05) is 0 Å². The van der Waals surface area contributed by atoms with E-state index in [9.17, 15) is 4.79 Å². The van der Waals surface area contributed by atoms with Crippen LogP contribution in [-0.4, -0.2) is 16.1 Å². The molecule has 3 aromatic rings. The van der Waals surface area contributed by atoms with Gasteiger partial charge in [0.1, 0.15) is 5.52 Å². The first-order valence-corrected chi connectivity index (χ1v) is 7.76. The monoisotopic (exact) mass is 349 g/mol. The molecule has 118 valence electrons. The van der Waals surface area contributed by atoms with Crippen molar-refractivity contribution in [3.63, 3.8) is 0 Å². The molecule has 1 aromatic heterocycles. The maximum Gasteiger partial charge on any atom is 0.310 e. The summed E-state index contributed by atoms with van der Waals surface area (Å²) < 4.78 is 5.70. The number of carboxylic acid groups (broad SMARTS) is 1. The number of aromatic nitrogens is 1. The highest BCUT2D eigenvalue weighted by Gasteiger charge is 2.16. The summed E-state index contributed by atoms with van der Waals surface area (Å²) >= 11 is 12.3. The van der Waals surface area contributed by atoms with Crippen LogP contribution < -0.4 is 0 Å². The summed E-state index contributed by atoms with van der Waals surface area (Å²) in [5.41, 5.74) is 2.65. The van der Waals surface area contributed by atoms with Crippen LogP contribution >= 0.6 is 23.2 Å². The Morgan fingerprint density at radius 3 is 2.61 bits per heavy atom. The molecule has 2 aromatic carbocycles. The highest BCUT2D eigenvalue weighted by atomic mass is 35.5. The van der Waals surface area contributed by atoms with E-state index >= 15 is 0 Å². The van der Waals surface area contributed by atoms with Crippen LogP contribution in [0.25, 0.3) is 11.1 Å². The molecule has 0 saturated carbocycles. The fourth-order valence-electron chi connectivity index (χ4n) is 2.33. The number of nitrogens with zero attached hydrogens (tertiary/aromatic N) is 1. The molecule has 3 rings (SSSR count). The second kappa shape index (κ2) is 6.22. The number of rotatable bonds is 4. The lowest BCUT2D eigenvalue weighted by Crippen LogP contribution is -2.06. The van der Waals surface area contributed by atoms with Crippen LogP contribution in [0.4, 0.5) is 0 Å². The van der Waals surface area contributed by atoms with Gasteiger partial charge in [-0.05, 0) is 42.3 Å². The van der Waals surface area contributed by atoms with Crippen LogP contribution in [0, 0.1) is 0 Å². The molecule has 0 spiro atoms. The number of fused-ring (bicyclic) bond motifs is 1. The van der Waals surface area contributed by atoms with Gasteiger partial charge in [0.05, 0.1) is 12.3 Å². The van der Waals surface area contributed by atoms with Crippen molar-refractivity contribution in [1.29, 1.82) is 0 Å². The third-order valence-electron chi connectivity index (χ3n) is 3.72. The number of oxazole rings is 1. The van der Waals surface area contributed by atoms with Crippen molar-refractivity contribution < 1.29 is 14.3 Å². The van der Waals surface area contributed by atoms with E-state index in [0.29, 0.717) is 39.0 Å². The number of benzene rings is 2. The quantitative estimate of drug-likeness (QED) is 0.726. The van der Waals surface area contributed by atoms with Crippen LogP contribution in [-0.2, 0) is 11.2 Å². The van der Waals surface area contributed by atoms with E-state index in [1.54, 1.807) is 43.3 Å². The second-order valence-electron chi connectivity index (χ2n) is 5.27. The van der Waals surface area contributed by atoms with Gasteiger partial charge in [-0.3, -0.25) is 4.79 Å². The lowest BCUT2D eigenvalue weighted by atomic mass is 10.0. The Balaban J connectivity index is 1.96. The van der Waals surface area contributed by atoms with Crippen LogP contribution in [0.3, 0.4) is 0 Å². The normalized spacial score (nSPS) is 12.5. The van der Waals surface area contributed by atoms with Gasteiger partial charge >= 0.3 is 5.97 Å². The van der Waals surface area contributed by atoms with E-state index in [0.717, 1.165) is 5.56 Å². The second-order valence-corrected chi connectivity index (χ2v) is 6.09. The first-order chi connectivity index (χ1) is 11.0. The molecule has 0 aliphatic heterocycles. The molecular formula is C17H13Cl2NO3. The molecule has 0 aliphatic carbocycles.